The molecule has 2 rings (SSSR count). The number of morpholine rings is 1. The molecular formula is C12H17N3OS. The van der Waals surface area contributed by atoms with E-state index >= 15 is 0 Å². The highest BCUT2D eigenvalue weighted by Gasteiger charge is 2.29. The molecule has 1 aromatic rings. The Bertz CT molecular complexity index is 434. The van der Waals surface area contributed by atoms with Gasteiger partial charge in [-0.2, -0.15) is 0 Å². The Labute approximate surface area is 107 Å². The summed E-state index contributed by atoms with van der Waals surface area (Å²) in [6, 6.07) is 3.76. The van der Waals surface area contributed by atoms with Gasteiger partial charge in [0, 0.05) is 19.3 Å². The van der Waals surface area contributed by atoms with Crippen molar-refractivity contribution in [1.82, 2.24) is 4.98 Å². The van der Waals surface area contributed by atoms with E-state index in [-0.39, 0.29) is 5.60 Å². The Hall–Kier alpha value is -1.20. The normalized spacial score (nSPS) is 19.1. The van der Waals surface area contributed by atoms with Gasteiger partial charge in [-0.1, -0.05) is 12.2 Å². The standard InChI is InChI=1S/C12H17N3OS/c1-12(2)8-15(6-7-16-12)11-9(10(13)17)4-3-5-14-11/h3-5H,6-8H2,1-2H3,(H2,13,17). The van der Waals surface area contributed by atoms with Gasteiger partial charge >= 0.3 is 0 Å². The molecule has 0 aromatic carbocycles. The van der Waals surface area contributed by atoms with Crippen LogP contribution >= 0.6 is 12.2 Å². The Balaban J connectivity index is 2.30. The summed E-state index contributed by atoms with van der Waals surface area (Å²) in [6.07, 6.45) is 1.76. The number of nitrogens with two attached hydrogens (primary N) is 1. The SMILES string of the molecule is CC1(C)CN(c2ncccc2C(N)=S)CCO1. The van der Waals surface area contributed by atoms with E-state index in [4.69, 9.17) is 22.7 Å². The van der Waals surface area contributed by atoms with Gasteiger partial charge in [0.1, 0.15) is 10.8 Å². The van der Waals surface area contributed by atoms with E-state index < -0.39 is 0 Å². The third-order valence-corrected chi connectivity index (χ3v) is 3.00. The molecule has 1 aromatic heterocycles. The number of aromatic nitrogens is 1. The highest BCUT2D eigenvalue weighted by atomic mass is 32.1. The van der Waals surface area contributed by atoms with Crippen LogP contribution < -0.4 is 10.6 Å². The number of ether oxygens (including phenoxy) is 1. The summed E-state index contributed by atoms with van der Waals surface area (Å²) in [7, 11) is 0. The number of thiocarbonyl (C=S) groups is 1. The first kappa shape index (κ1) is 12.3. The van der Waals surface area contributed by atoms with Gasteiger partial charge in [-0.05, 0) is 26.0 Å². The third kappa shape index (κ3) is 2.73. The molecule has 0 saturated carbocycles. The number of hydrogen-bond donors (Lipinski definition) is 1. The van der Waals surface area contributed by atoms with Crippen molar-refractivity contribution in [2.45, 2.75) is 19.4 Å². The zero-order valence-electron chi connectivity index (χ0n) is 10.1. The van der Waals surface area contributed by atoms with E-state index in [1.54, 1.807) is 6.20 Å². The zero-order chi connectivity index (χ0) is 12.5. The molecule has 0 atom stereocenters. The second kappa shape index (κ2) is 4.58. The van der Waals surface area contributed by atoms with E-state index in [0.717, 1.165) is 24.5 Å². The summed E-state index contributed by atoms with van der Waals surface area (Å²) >= 11 is 5.06. The lowest BCUT2D eigenvalue weighted by molar-refractivity contribution is -0.0279. The number of hydrogen-bond acceptors (Lipinski definition) is 4. The number of nitrogens with zero attached hydrogens (tertiary/aromatic N) is 2. The predicted octanol–water partition coefficient (Wildman–Crippen LogP) is 1.33. The van der Waals surface area contributed by atoms with Gasteiger partial charge in [-0.15, -0.1) is 0 Å². The van der Waals surface area contributed by atoms with Crippen molar-refractivity contribution in [2.75, 3.05) is 24.6 Å². The average Bonchev–Trinajstić information content (AvgIpc) is 2.27. The molecule has 17 heavy (non-hydrogen) atoms. The maximum Gasteiger partial charge on any atom is 0.138 e. The van der Waals surface area contributed by atoms with Crippen molar-refractivity contribution in [3.63, 3.8) is 0 Å². The molecule has 4 nitrogen and oxygen atoms in total. The first-order valence-electron chi connectivity index (χ1n) is 5.63. The lowest BCUT2D eigenvalue weighted by Gasteiger charge is -2.39. The van der Waals surface area contributed by atoms with E-state index in [9.17, 15) is 0 Å². The topological polar surface area (TPSA) is 51.4 Å². The van der Waals surface area contributed by atoms with Crippen LogP contribution in [0.3, 0.4) is 0 Å². The van der Waals surface area contributed by atoms with Crippen LogP contribution in [0.1, 0.15) is 19.4 Å². The van der Waals surface area contributed by atoms with Crippen molar-refractivity contribution in [1.29, 1.82) is 0 Å². The summed E-state index contributed by atoms with van der Waals surface area (Å²) in [6.45, 7) is 6.45. The van der Waals surface area contributed by atoms with Gasteiger partial charge in [0.2, 0.25) is 0 Å². The number of anilines is 1. The van der Waals surface area contributed by atoms with Gasteiger partial charge in [0.05, 0.1) is 17.8 Å². The van der Waals surface area contributed by atoms with Crippen LogP contribution in [0.5, 0.6) is 0 Å². The highest BCUT2D eigenvalue weighted by molar-refractivity contribution is 7.80. The molecule has 2 N–H and O–H groups in total. The highest BCUT2D eigenvalue weighted by Crippen LogP contribution is 2.24. The molecule has 2 heterocycles. The molecule has 1 aliphatic heterocycles. The van der Waals surface area contributed by atoms with Crippen molar-refractivity contribution in [3.8, 4) is 0 Å². The maximum absolute atomic E-state index is 5.72. The molecule has 0 aliphatic carbocycles. The van der Waals surface area contributed by atoms with Crippen LogP contribution in [-0.2, 0) is 4.74 Å². The third-order valence-electron chi connectivity index (χ3n) is 2.78. The summed E-state index contributed by atoms with van der Waals surface area (Å²) in [4.78, 5) is 6.96. The Morgan fingerprint density at radius 1 is 1.59 bits per heavy atom. The summed E-state index contributed by atoms with van der Waals surface area (Å²) < 4.78 is 5.68. The molecule has 0 unspecified atom stereocenters. The quantitative estimate of drug-likeness (QED) is 0.804. The van der Waals surface area contributed by atoms with Crippen LogP contribution in [0.4, 0.5) is 5.82 Å². The summed E-state index contributed by atoms with van der Waals surface area (Å²) in [5.41, 5.74) is 6.39. The fourth-order valence-corrected chi connectivity index (χ4v) is 2.20. The van der Waals surface area contributed by atoms with Gasteiger partial charge in [0.25, 0.3) is 0 Å². The van der Waals surface area contributed by atoms with Crippen LogP contribution in [0.2, 0.25) is 0 Å². The van der Waals surface area contributed by atoms with Gasteiger partial charge < -0.3 is 15.4 Å². The molecule has 1 aliphatic rings. The Morgan fingerprint density at radius 2 is 2.35 bits per heavy atom. The molecule has 1 saturated heterocycles. The largest absolute Gasteiger partial charge is 0.389 e. The molecule has 1 fully saturated rings. The van der Waals surface area contributed by atoms with E-state index in [0.29, 0.717) is 11.6 Å². The average molecular weight is 251 g/mol. The zero-order valence-corrected chi connectivity index (χ0v) is 11.0. The fraction of sp³-hybridized carbons (Fsp3) is 0.500. The van der Waals surface area contributed by atoms with Crippen molar-refractivity contribution < 1.29 is 4.74 Å². The number of pyridine rings is 1. The first-order chi connectivity index (χ1) is 7.99. The maximum atomic E-state index is 5.72. The second-order valence-electron chi connectivity index (χ2n) is 4.77. The van der Waals surface area contributed by atoms with Crippen molar-refractivity contribution in [2.24, 2.45) is 5.73 Å². The summed E-state index contributed by atoms with van der Waals surface area (Å²) in [5.74, 6) is 0.858. The Kier molecular flexibility index (Phi) is 3.31. The molecule has 0 bridgehead atoms. The minimum absolute atomic E-state index is 0.163. The molecule has 0 spiro atoms. The lowest BCUT2D eigenvalue weighted by atomic mass is 10.1. The van der Waals surface area contributed by atoms with E-state index in [2.05, 4.69) is 23.7 Å². The molecule has 0 radical (unpaired) electrons. The molecule has 0 amide bonds. The monoisotopic (exact) mass is 251 g/mol. The van der Waals surface area contributed by atoms with Crippen molar-refractivity contribution in [3.05, 3.63) is 23.9 Å². The molecule has 5 heteroatoms. The second-order valence-corrected chi connectivity index (χ2v) is 5.21. The minimum Gasteiger partial charge on any atom is -0.389 e. The minimum atomic E-state index is -0.163. The first-order valence-corrected chi connectivity index (χ1v) is 6.04. The van der Waals surface area contributed by atoms with Crippen LogP contribution in [0.15, 0.2) is 18.3 Å². The van der Waals surface area contributed by atoms with E-state index in [1.807, 2.05) is 12.1 Å². The smallest absolute Gasteiger partial charge is 0.138 e. The lowest BCUT2D eigenvalue weighted by Crippen LogP contribution is -2.49. The molecular weight excluding hydrogens is 234 g/mol. The van der Waals surface area contributed by atoms with Crippen molar-refractivity contribution >= 4 is 23.0 Å². The van der Waals surface area contributed by atoms with E-state index in [1.165, 1.54) is 0 Å². The fourth-order valence-electron chi connectivity index (χ4n) is 2.04. The van der Waals surface area contributed by atoms with Crippen LogP contribution in [-0.4, -0.2) is 35.3 Å². The van der Waals surface area contributed by atoms with Gasteiger partial charge in [0.15, 0.2) is 0 Å². The van der Waals surface area contributed by atoms with Gasteiger partial charge in [-0.3, -0.25) is 0 Å². The van der Waals surface area contributed by atoms with Gasteiger partial charge in [-0.25, -0.2) is 4.98 Å². The van der Waals surface area contributed by atoms with Crippen LogP contribution in [0.25, 0.3) is 0 Å². The van der Waals surface area contributed by atoms with Crippen LogP contribution in [0, 0.1) is 0 Å². The summed E-state index contributed by atoms with van der Waals surface area (Å²) in [5, 5.41) is 0. The molecule has 92 valence electrons. The number of rotatable bonds is 2. The Morgan fingerprint density at radius 3 is 3.00 bits per heavy atom. The predicted molar refractivity (Wildman–Crippen MR) is 72.4 cm³/mol.